The largest absolute Gasteiger partial charge is 0.254 e. The van der Waals surface area contributed by atoms with Crippen LogP contribution in [0.25, 0.3) is 10.9 Å². The van der Waals surface area contributed by atoms with E-state index in [1.165, 1.54) is 8.96 Å². The lowest BCUT2D eigenvalue weighted by molar-refractivity contribution is 1.38. The Labute approximate surface area is 92.5 Å². The highest BCUT2D eigenvalue weighted by molar-refractivity contribution is 14.1. The first-order chi connectivity index (χ1) is 5.77. The van der Waals surface area contributed by atoms with E-state index >= 15 is 0 Å². The Bertz CT molecular complexity index is 428. The van der Waals surface area contributed by atoms with Crippen LogP contribution in [0.3, 0.4) is 0 Å². The first-order valence-electron chi connectivity index (χ1n) is 3.47. The summed E-state index contributed by atoms with van der Waals surface area (Å²) in [4.78, 5) is 4.33. The molecule has 0 aliphatic heterocycles. The van der Waals surface area contributed by atoms with E-state index in [1.807, 2.05) is 18.3 Å². The van der Waals surface area contributed by atoms with Crippen LogP contribution in [0.15, 0.2) is 34.9 Å². The number of nitrogens with zero attached hydrogens (tertiary/aromatic N) is 1. The molecule has 60 valence electrons. The molecule has 0 amide bonds. The Morgan fingerprint density at radius 2 is 2.17 bits per heavy atom. The van der Waals surface area contributed by atoms with Crippen LogP contribution in [0.2, 0.25) is 0 Å². The van der Waals surface area contributed by atoms with Gasteiger partial charge in [0.25, 0.3) is 0 Å². The van der Waals surface area contributed by atoms with Crippen molar-refractivity contribution in [1.82, 2.24) is 4.98 Å². The zero-order valence-electron chi connectivity index (χ0n) is 6.09. The third-order valence-electron chi connectivity index (χ3n) is 1.63. The van der Waals surface area contributed by atoms with Crippen LogP contribution in [0.4, 0.5) is 0 Å². The number of pyridine rings is 1. The molecule has 0 atom stereocenters. The maximum atomic E-state index is 4.33. The molecule has 0 aliphatic carbocycles. The van der Waals surface area contributed by atoms with Gasteiger partial charge in [-0.1, -0.05) is 12.1 Å². The molecule has 1 aromatic carbocycles. The van der Waals surface area contributed by atoms with Crippen molar-refractivity contribution in [2.45, 2.75) is 0 Å². The summed E-state index contributed by atoms with van der Waals surface area (Å²) in [6.45, 7) is 0. The van der Waals surface area contributed by atoms with Crippen molar-refractivity contribution in [3.8, 4) is 0 Å². The SMILES string of the molecule is Brc1cccc2cc(I)cnc12. The summed E-state index contributed by atoms with van der Waals surface area (Å²) in [7, 11) is 0. The highest BCUT2D eigenvalue weighted by Crippen LogP contribution is 2.22. The number of hydrogen-bond acceptors (Lipinski definition) is 1. The molecule has 2 rings (SSSR count). The second-order valence-corrected chi connectivity index (χ2v) is 4.57. The fourth-order valence-corrected chi connectivity index (χ4v) is 2.06. The van der Waals surface area contributed by atoms with Crippen LogP contribution < -0.4 is 0 Å². The van der Waals surface area contributed by atoms with Gasteiger partial charge in [-0.05, 0) is 50.7 Å². The lowest BCUT2D eigenvalue weighted by atomic mass is 10.2. The van der Waals surface area contributed by atoms with Gasteiger partial charge in [0.15, 0.2) is 0 Å². The standard InChI is InChI=1S/C9H5BrIN/c10-8-3-1-2-6-4-7(11)5-12-9(6)8/h1-5H. The summed E-state index contributed by atoms with van der Waals surface area (Å²) in [5.41, 5.74) is 1.03. The van der Waals surface area contributed by atoms with Crippen molar-refractivity contribution in [1.29, 1.82) is 0 Å². The first kappa shape index (κ1) is 8.44. The molecule has 0 radical (unpaired) electrons. The fraction of sp³-hybridized carbons (Fsp3) is 0. The van der Waals surface area contributed by atoms with Gasteiger partial charge >= 0.3 is 0 Å². The average molecular weight is 334 g/mol. The maximum absolute atomic E-state index is 4.33. The molecule has 0 spiro atoms. The van der Waals surface area contributed by atoms with Crippen molar-refractivity contribution in [2.24, 2.45) is 0 Å². The highest BCUT2D eigenvalue weighted by Gasteiger charge is 1.98. The fourth-order valence-electron chi connectivity index (χ4n) is 1.10. The molecular weight excluding hydrogens is 329 g/mol. The second kappa shape index (κ2) is 3.30. The molecule has 0 N–H and O–H groups in total. The number of halogens is 2. The number of para-hydroxylation sites is 1. The topological polar surface area (TPSA) is 12.9 Å². The van der Waals surface area contributed by atoms with E-state index in [-0.39, 0.29) is 0 Å². The van der Waals surface area contributed by atoms with E-state index in [4.69, 9.17) is 0 Å². The minimum Gasteiger partial charge on any atom is -0.254 e. The Morgan fingerprint density at radius 3 is 3.00 bits per heavy atom. The van der Waals surface area contributed by atoms with Gasteiger partial charge in [0, 0.05) is 19.6 Å². The summed E-state index contributed by atoms with van der Waals surface area (Å²) in [6.07, 6.45) is 1.87. The van der Waals surface area contributed by atoms with Crippen molar-refractivity contribution in [2.75, 3.05) is 0 Å². The van der Waals surface area contributed by atoms with Crippen molar-refractivity contribution in [3.63, 3.8) is 0 Å². The van der Waals surface area contributed by atoms with E-state index in [1.54, 1.807) is 0 Å². The minimum atomic E-state index is 1.03. The number of rotatable bonds is 0. The molecule has 0 bridgehead atoms. The predicted molar refractivity (Wildman–Crippen MR) is 62.2 cm³/mol. The molecule has 0 aliphatic rings. The summed E-state index contributed by atoms with van der Waals surface area (Å²) >= 11 is 5.72. The van der Waals surface area contributed by atoms with Gasteiger partial charge in [-0.25, -0.2) is 0 Å². The second-order valence-electron chi connectivity index (χ2n) is 2.47. The maximum Gasteiger partial charge on any atom is 0.0844 e. The van der Waals surface area contributed by atoms with E-state index in [0.717, 1.165) is 9.99 Å². The molecule has 0 fully saturated rings. The molecule has 12 heavy (non-hydrogen) atoms. The van der Waals surface area contributed by atoms with Crippen molar-refractivity contribution in [3.05, 3.63) is 38.5 Å². The van der Waals surface area contributed by atoms with E-state index in [0.29, 0.717) is 0 Å². The number of aromatic nitrogens is 1. The van der Waals surface area contributed by atoms with Crippen LogP contribution in [-0.2, 0) is 0 Å². The minimum absolute atomic E-state index is 1.03. The number of fused-ring (bicyclic) bond motifs is 1. The Kier molecular flexibility index (Phi) is 2.32. The molecule has 0 saturated carbocycles. The molecule has 3 heteroatoms. The van der Waals surface area contributed by atoms with Crippen LogP contribution in [0.1, 0.15) is 0 Å². The van der Waals surface area contributed by atoms with Gasteiger partial charge in [0.2, 0.25) is 0 Å². The molecule has 2 aromatic rings. The number of benzene rings is 1. The Hall–Kier alpha value is -0.160. The molecule has 0 saturated heterocycles. The highest BCUT2D eigenvalue weighted by atomic mass is 127. The normalized spacial score (nSPS) is 10.5. The quantitative estimate of drug-likeness (QED) is 0.671. The number of hydrogen-bond donors (Lipinski definition) is 0. The Morgan fingerprint density at radius 1 is 1.33 bits per heavy atom. The molecule has 1 aromatic heterocycles. The molecule has 1 nitrogen and oxygen atoms in total. The summed E-state index contributed by atoms with van der Waals surface area (Å²) in [6, 6.07) is 8.20. The molecular formula is C9H5BrIN. The van der Waals surface area contributed by atoms with E-state index in [2.05, 4.69) is 55.6 Å². The van der Waals surface area contributed by atoms with Gasteiger partial charge in [-0.3, -0.25) is 4.98 Å². The first-order valence-corrected chi connectivity index (χ1v) is 5.34. The molecule has 0 unspecified atom stereocenters. The van der Waals surface area contributed by atoms with Crippen LogP contribution in [-0.4, -0.2) is 4.98 Å². The summed E-state index contributed by atoms with van der Waals surface area (Å²) in [5, 5.41) is 1.18. The lowest BCUT2D eigenvalue weighted by Crippen LogP contribution is -1.81. The van der Waals surface area contributed by atoms with Gasteiger partial charge in [0.1, 0.15) is 0 Å². The average Bonchev–Trinajstić information content (AvgIpc) is 2.04. The van der Waals surface area contributed by atoms with Gasteiger partial charge in [0.05, 0.1) is 5.52 Å². The zero-order valence-corrected chi connectivity index (χ0v) is 9.83. The lowest BCUT2D eigenvalue weighted by Gasteiger charge is -1.98. The Balaban J connectivity index is 2.86. The van der Waals surface area contributed by atoms with Crippen LogP contribution in [0.5, 0.6) is 0 Å². The smallest absolute Gasteiger partial charge is 0.0844 e. The van der Waals surface area contributed by atoms with Crippen molar-refractivity contribution >= 4 is 49.4 Å². The third-order valence-corrected chi connectivity index (χ3v) is 2.86. The molecule has 1 heterocycles. The zero-order chi connectivity index (χ0) is 8.55. The van der Waals surface area contributed by atoms with Crippen LogP contribution in [0, 0.1) is 3.57 Å². The monoisotopic (exact) mass is 333 g/mol. The van der Waals surface area contributed by atoms with Gasteiger partial charge < -0.3 is 0 Å². The van der Waals surface area contributed by atoms with Gasteiger partial charge in [-0.15, -0.1) is 0 Å². The van der Waals surface area contributed by atoms with E-state index in [9.17, 15) is 0 Å². The summed E-state index contributed by atoms with van der Waals surface area (Å²) < 4.78 is 2.22. The predicted octanol–water partition coefficient (Wildman–Crippen LogP) is 3.60. The van der Waals surface area contributed by atoms with Crippen LogP contribution >= 0.6 is 38.5 Å². The van der Waals surface area contributed by atoms with E-state index < -0.39 is 0 Å². The van der Waals surface area contributed by atoms with Gasteiger partial charge in [-0.2, -0.15) is 0 Å². The third kappa shape index (κ3) is 1.47. The summed E-state index contributed by atoms with van der Waals surface area (Å²) in [5.74, 6) is 0. The van der Waals surface area contributed by atoms with Crippen molar-refractivity contribution < 1.29 is 0 Å².